The molecule has 3 N–H and O–H groups in total. The Morgan fingerprint density at radius 3 is 2.33 bits per heavy atom. The van der Waals surface area contributed by atoms with Crippen LogP contribution in [0.2, 0.25) is 5.02 Å². The number of amides is 3. The lowest BCUT2D eigenvalue weighted by molar-refractivity contribution is -0.139. The highest BCUT2D eigenvalue weighted by Crippen LogP contribution is 2.25. The van der Waals surface area contributed by atoms with Crippen molar-refractivity contribution in [2.24, 2.45) is 5.10 Å². The van der Waals surface area contributed by atoms with Gasteiger partial charge in [-0.2, -0.15) is 5.10 Å². The lowest BCUT2D eigenvalue weighted by Gasteiger charge is -2.11. The van der Waals surface area contributed by atoms with E-state index in [0.29, 0.717) is 11.3 Å². The summed E-state index contributed by atoms with van der Waals surface area (Å²) >= 11 is 6.25. The van der Waals surface area contributed by atoms with Gasteiger partial charge in [-0.3, -0.25) is 14.4 Å². The Bertz CT molecular complexity index is 1290. The summed E-state index contributed by atoms with van der Waals surface area (Å²) in [5, 5.41) is 9.39. The molecule has 0 heterocycles. The first kappa shape index (κ1) is 26.4. The van der Waals surface area contributed by atoms with Crippen LogP contribution in [-0.4, -0.2) is 30.5 Å². The molecule has 0 spiro atoms. The highest BCUT2D eigenvalue weighted by Gasteiger charge is 2.12. The van der Waals surface area contributed by atoms with Crippen molar-refractivity contribution in [2.45, 2.75) is 27.3 Å². The van der Waals surface area contributed by atoms with E-state index in [-0.39, 0.29) is 24.1 Å². The molecule has 0 unspecified atom stereocenters. The maximum absolute atomic E-state index is 12.2. The Kier molecular flexibility index (Phi) is 9.19. The SMILES string of the molecule is Cc1ccc(CNC(=O)C(=O)N/N=C\c2ccc(OCC(=O)Nc3ccc(C)cc3C)c(Cl)c2)cc1. The van der Waals surface area contributed by atoms with E-state index in [9.17, 15) is 14.4 Å². The van der Waals surface area contributed by atoms with Gasteiger partial charge in [0, 0.05) is 12.2 Å². The molecule has 3 aromatic carbocycles. The Morgan fingerprint density at radius 1 is 0.917 bits per heavy atom. The molecule has 3 aromatic rings. The zero-order chi connectivity index (χ0) is 26.1. The summed E-state index contributed by atoms with van der Waals surface area (Å²) in [6.45, 7) is 5.89. The second-order valence-electron chi connectivity index (χ2n) is 8.21. The van der Waals surface area contributed by atoms with E-state index < -0.39 is 11.8 Å². The lowest BCUT2D eigenvalue weighted by Crippen LogP contribution is -2.37. The van der Waals surface area contributed by atoms with Crippen molar-refractivity contribution in [1.29, 1.82) is 0 Å². The average molecular weight is 507 g/mol. The number of carbonyl (C=O) groups is 3. The summed E-state index contributed by atoms with van der Waals surface area (Å²) < 4.78 is 5.52. The van der Waals surface area contributed by atoms with Crippen molar-refractivity contribution in [3.8, 4) is 5.75 Å². The Balaban J connectivity index is 1.45. The number of anilines is 1. The van der Waals surface area contributed by atoms with E-state index >= 15 is 0 Å². The van der Waals surface area contributed by atoms with E-state index in [2.05, 4.69) is 21.2 Å². The maximum Gasteiger partial charge on any atom is 0.329 e. The largest absolute Gasteiger partial charge is 0.482 e. The van der Waals surface area contributed by atoms with Crippen LogP contribution in [0.4, 0.5) is 5.69 Å². The van der Waals surface area contributed by atoms with Crippen LogP contribution in [0.3, 0.4) is 0 Å². The number of carbonyl (C=O) groups excluding carboxylic acids is 3. The number of hydrogen-bond acceptors (Lipinski definition) is 5. The van der Waals surface area contributed by atoms with Gasteiger partial charge in [0.2, 0.25) is 0 Å². The molecule has 0 saturated carbocycles. The summed E-state index contributed by atoms with van der Waals surface area (Å²) in [7, 11) is 0. The van der Waals surface area contributed by atoms with Gasteiger partial charge < -0.3 is 15.4 Å². The van der Waals surface area contributed by atoms with Crippen LogP contribution >= 0.6 is 11.6 Å². The fourth-order valence-electron chi connectivity index (χ4n) is 3.18. The summed E-state index contributed by atoms with van der Waals surface area (Å²) in [5.41, 5.74) is 7.51. The van der Waals surface area contributed by atoms with Crippen LogP contribution in [0.1, 0.15) is 27.8 Å². The molecule has 0 fully saturated rings. The smallest absolute Gasteiger partial charge is 0.329 e. The molecule has 0 aromatic heterocycles. The van der Waals surface area contributed by atoms with Crippen LogP contribution in [0, 0.1) is 20.8 Å². The van der Waals surface area contributed by atoms with Gasteiger partial charge in [-0.1, -0.05) is 59.1 Å². The third-order valence-electron chi connectivity index (χ3n) is 5.13. The summed E-state index contributed by atoms with van der Waals surface area (Å²) in [4.78, 5) is 36.1. The predicted octanol–water partition coefficient (Wildman–Crippen LogP) is 4.05. The standard InChI is InChI=1S/C27H27ClN4O4/c1-17-4-7-20(8-5-17)14-29-26(34)27(35)32-30-15-21-9-11-24(22(28)13-21)36-16-25(33)31-23-10-6-18(2)12-19(23)3/h4-13,15H,14,16H2,1-3H3,(H,29,34)(H,31,33)(H,32,35)/b30-15-. The number of nitrogens with one attached hydrogen (secondary N) is 3. The third-order valence-corrected chi connectivity index (χ3v) is 5.43. The van der Waals surface area contributed by atoms with Gasteiger partial charge in [0.15, 0.2) is 6.61 Å². The minimum absolute atomic E-state index is 0.214. The average Bonchev–Trinajstić information content (AvgIpc) is 2.84. The van der Waals surface area contributed by atoms with Crippen molar-refractivity contribution in [3.05, 3.63) is 93.5 Å². The van der Waals surface area contributed by atoms with Crippen LogP contribution in [0.25, 0.3) is 0 Å². The Hall–Kier alpha value is -4.17. The molecule has 0 aliphatic heterocycles. The normalized spacial score (nSPS) is 10.7. The van der Waals surface area contributed by atoms with Gasteiger partial charge in [0.1, 0.15) is 5.75 Å². The summed E-state index contributed by atoms with van der Waals surface area (Å²) in [6.07, 6.45) is 1.34. The molecule has 9 heteroatoms. The molecule has 3 rings (SSSR count). The van der Waals surface area contributed by atoms with Crippen molar-refractivity contribution < 1.29 is 19.1 Å². The van der Waals surface area contributed by atoms with Crippen LogP contribution in [0.5, 0.6) is 5.75 Å². The molecule has 0 saturated heterocycles. The molecule has 3 amide bonds. The Morgan fingerprint density at radius 2 is 1.64 bits per heavy atom. The molecule has 8 nitrogen and oxygen atoms in total. The number of nitrogens with zero attached hydrogens (tertiary/aromatic N) is 1. The minimum Gasteiger partial charge on any atom is -0.482 e. The topological polar surface area (TPSA) is 109 Å². The first-order chi connectivity index (χ1) is 17.2. The molecule has 186 valence electrons. The van der Waals surface area contributed by atoms with Crippen molar-refractivity contribution in [1.82, 2.24) is 10.7 Å². The van der Waals surface area contributed by atoms with Crippen LogP contribution in [0.15, 0.2) is 65.8 Å². The molecular formula is C27H27ClN4O4. The van der Waals surface area contributed by atoms with E-state index in [0.717, 1.165) is 27.9 Å². The molecule has 0 atom stereocenters. The lowest BCUT2D eigenvalue weighted by atomic mass is 10.1. The van der Waals surface area contributed by atoms with Gasteiger partial charge in [-0.25, -0.2) is 5.43 Å². The van der Waals surface area contributed by atoms with Gasteiger partial charge in [-0.05, 0) is 61.7 Å². The van der Waals surface area contributed by atoms with Crippen LogP contribution in [-0.2, 0) is 20.9 Å². The van der Waals surface area contributed by atoms with E-state index in [4.69, 9.17) is 16.3 Å². The number of hydrogen-bond donors (Lipinski definition) is 3. The van der Waals surface area contributed by atoms with Crippen molar-refractivity contribution in [2.75, 3.05) is 11.9 Å². The quantitative estimate of drug-likeness (QED) is 0.243. The minimum atomic E-state index is -0.890. The molecule has 0 radical (unpaired) electrons. The van der Waals surface area contributed by atoms with E-state index in [1.165, 1.54) is 6.21 Å². The highest BCUT2D eigenvalue weighted by atomic mass is 35.5. The van der Waals surface area contributed by atoms with Gasteiger partial charge in [-0.15, -0.1) is 0 Å². The molecular weight excluding hydrogens is 480 g/mol. The summed E-state index contributed by atoms with van der Waals surface area (Å²) in [5.74, 6) is -1.68. The van der Waals surface area contributed by atoms with Crippen molar-refractivity contribution in [3.63, 3.8) is 0 Å². The zero-order valence-corrected chi connectivity index (χ0v) is 21.0. The molecule has 0 aliphatic rings. The molecule has 0 bridgehead atoms. The van der Waals surface area contributed by atoms with E-state index in [1.54, 1.807) is 18.2 Å². The van der Waals surface area contributed by atoms with Gasteiger partial charge >= 0.3 is 11.8 Å². The predicted molar refractivity (Wildman–Crippen MR) is 140 cm³/mol. The molecule has 0 aliphatic carbocycles. The maximum atomic E-state index is 12.2. The third kappa shape index (κ3) is 7.95. The Labute approximate surface area is 214 Å². The number of rotatable bonds is 8. The fraction of sp³-hybridized carbons (Fsp3) is 0.185. The number of halogens is 1. The van der Waals surface area contributed by atoms with Crippen LogP contribution < -0.4 is 20.8 Å². The first-order valence-electron chi connectivity index (χ1n) is 11.2. The first-order valence-corrected chi connectivity index (χ1v) is 11.6. The number of hydrazone groups is 1. The number of aryl methyl sites for hydroxylation is 3. The molecule has 36 heavy (non-hydrogen) atoms. The second-order valence-corrected chi connectivity index (χ2v) is 8.62. The monoisotopic (exact) mass is 506 g/mol. The van der Waals surface area contributed by atoms with Gasteiger partial charge in [0.25, 0.3) is 5.91 Å². The zero-order valence-electron chi connectivity index (χ0n) is 20.2. The van der Waals surface area contributed by atoms with Crippen molar-refractivity contribution >= 4 is 41.2 Å². The van der Waals surface area contributed by atoms with Gasteiger partial charge in [0.05, 0.1) is 11.2 Å². The highest BCUT2D eigenvalue weighted by molar-refractivity contribution is 6.35. The summed E-state index contributed by atoms with van der Waals surface area (Å²) in [6, 6.07) is 18.1. The fourth-order valence-corrected chi connectivity index (χ4v) is 3.43. The van der Waals surface area contributed by atoms with E-state index in [1.807, 2.05) is 63.2 Å². The second kappa shape index (κ2) is 12.5. The number of benzene rings is 3. The number of ether oxygens (including phenoxy) is 1.